The molecule has 0 amide bonds. The Hall–Kier alpha value is -0.420. The first kappa shape index (κ1) is 26.6. The molecule has 0 radical (unpaired) electrons. The molecule has 0 heterocycles. The molecule has 4 N–H and O–H groups in total. The van der Waals surface area contributed by atoms with Crippen LogP contribution in [-0.4, -0.2) is 44.3 Å². The third-order valence-corrected chi connectivity index (χ3v) is 12.3. The van der Waals surface area contributed by atoms with Gasteiger partial charge in [0.1, 0.15) is 0 Å². The molecule has 11 atom stereocenters. The van der Waals surface area contributed by atoms with Gasteiger partial charge in [-0.25, -0.2) is 0 Å². The van der Waals surface area contributed by atoms with Gasteiger partial charge in [-0.3, -0.25) is 0 Å². The summed E-state index contributed by atoms with van der Waals surface area (Å²) in [6, 6.07) is 0. The van der Waals surface area contributed by atoms with Crippen molar-refractivity contribution in [3.63, 3.8) is 0 Å². The topological polar surface area (TPSA) is 80.9 Å². The zero-order valence-electron chi connectivity index (χ0n) is 23.1. The molecule has 4 nitrogen and oxygen atoms in total. The van der Waals surface area contributed by atoms with E-state index in [1.54, 1.807) is 0 Å². The van der Waals surface area contributed by atoms with Crippen molar-refractivity contribution in [2.75, 3.05) is 0 Å². The Bertz CT molecular complexity index is 813. The molecular weight excluding hydrogens is 424 g/mol. The van der Waals surface area contributed by atoms with Crippen molar-refractivity contribution in [1.29, 1.82) is 0 Å². The maximum absolute atomic E-state index is 11.8. The van der Waals surface area contributed by atoms with Gasteiger partial charge in [-0.1, -0.05) is 46.3 Å². The lowest BCUT2D eigenvalue weighted by Crippen LogP contribution is -2.69. The second-order valence-electron chi connectivity index (χ2n) is 14.7. The van der Waals surface area contributed by atoms with Crippen molar-refractivity contribution >= 4 is 0 Å². The van der Waals surface area contributed by atoms with E-state index in [2.05, 4.69) is 54.5 Å². The summed E-state index contributed by atoms with van der Waals surface area (Å²) < 4.78 is 0. The molecule has 4 fully saturated rings. The zero-order chi connectivity index (χ0) is 25.5. The van der Waals surface area contributed by atoms with Crippen molar-refractivity contribution < 1.29 is 20.4 Å². The Balaban J connectivity index is 1.70. The molecular formula is C30H52O4. The molecule has 8 unspecified atom stereocenters. The van der Waals surface area contributed by atoms with E-state index in [1.807, 2.05) is 6.92 Å². The summed E-state index contributed by atoms with van der Waals surface area (Å²) in [5.41, 5.74) is -0.230. The van der Waals surface area contributed by atoms with Crippen molar-refractivity contribution in [3.8, 4) is 0 Å². The van der Waals surface area contributed by atoms with E-state index in [4.69, 9.17) is 0 Å². The lowest BCUT2D eigenvalue weighted by molar-refractivity contribution is -0.274. The van der Waals surface area contributed by atoms with Crippen molar-refractivity contribution in [3.05, 3.63) is 11.6 Å². The largest absolute Gasteiger partial charge is 0.393 e. The first-order chi connectivity index (χ1) is 15.5. The molecule has 4 rings (SSSR count). The van der Waals surface area contributed by atoms with Gasteiger partial charge in [-0.05, 0) is 117 Å². The highest BCUT2D eigenvalue weighted by molar-refractivity contribution is 5.21. The quantitative estimate of drug-likeness (QED) is 0.406. The molecule has 0 saturated heterocycles. The van der Waals surface area contributed by atoms with Crippen molar-refractivity contribution in [2.45, 2.75) is 131 Å². The molecule has 0 aromatic heterocycles. The monoisotopic (exact) mass is 476 g/mol. The summed E-state index contributed by atoms with van der Waals surface area (Å²) in [6.07, 6.45) is 7.54. The lowest BCUT2D eigenvalue weighted by Gasteiger charge is -2.71. The fraction of sp³-hybridized carbons (Fsp3) is 0.933. The number of aliphatic hydroxyl groups is 4. The van der Waals surface area contributed by atoms with E-state index in [-0.39, 0.29) is 39.4 Å². The smallest absolute Gasteiger partial charge is 0.0654 e. The van der Waals surface area contributed by atoms with Gasteiger partial charge in [0.2, 0.25) is 0 Å². The van der Waals surface area contributed by atoms with Crippen molar-refractivity contribution in [2.24, 2.45) is 45.3 Å². The van der Waals surface area contributed by atoms with Gasteiger partial charge in [0.25, 0.3) is 0 Å². The zero-order valence-corrected chi connectivity index (χ0v) is 23.1. The van der Waals surface area contributed by atoms with E-state index < -0.39 is 23.9 Å². The third-order valence-electron chi connectivity index (χ3n) is 12.3. The van der Waals surface area contributed by atoms with Gasteiger partial charge in [0.05, 0.1) is 23.9 Å². The van der Waals surface area contributed by atoms with Crippen LogP contribution < -0.4 is 0 Å². The van der Waals surface area contributed by atoms with Crippen LogP contribution >= 0.6 is 0 Å². The number of aliphatic hydroxyl groups excluding tert-OH is 3. The van der Waals surface area contributed by atoms with Crippen LogP contribution in [0.5, 0.6) is 0 Å². The number of hydrogen-bond acceptors (Lipinski definition) is 4. The van der Waals surface area contributed by atoms with Gasteiger partial charge in [0, 0.05) is 0 Å². The summed E-state index contributed by atoms with van der Waals surface area (Å²) in [5, 5.41) is 46.0. The summed E-state index contributed by atoms with van der Waals surface area (Å²) >= 11 is 0. The predicted octanol–water partition coefficient (Wildman–Crippen LogP) is 5.47. The second kappa shape index (κ2) is 8.30. The minimum Gasteiger partial charge on any atom is -0.393 e. The van der Waals surface area contributed by atoms with Crippen LogP contribution in [0.3, 0.4) is 0 Å². The van der Waals surface area contributed by atoms with Crippen LogP contribution in [0.4, 0.5) is 0 Å². The average Bonchev–Trinajstić information content (AvgIpc) is 3.07. The molecule has 0 bridgehead atoms. The maximum Gasteiger partial charge on any atom is 0.0654 e. The summed E-state index contributed by atoms with van der Waals surface area (Å²) in [6.45, 7) is 17.5. The standard InChI is InChI=1S/C30H52O4/c1-18(2)10-9-13-30(8,34)19-11-15-28(6)24(19)20(31)16-22-27(5)14-12-23(33)26(3,4)25(27)21(32)17-29(22,28)7/h10,19-25,31-34H,9,11-17H2,1-8H3/t19?,20?,21-,22?,23?,24?,25?,27?,28+,29?,30-/m0/s1. The Morgan fingerprint density at radius 2 is 1.59 bits per heavy atom. The number of allylic oxidation sites excluding steroid dienone is 2. The van der Waals surface area contributed by atoms with Crippen LogP contribution in [0, 0.1) is 45.3 Å². The van der Waals surface area contributed by atoms with Gasteiger partial charge >= 0.3 is 0 Å². The molecule has 34 heavy (non-hydrogen) atoms. The first-order valence-corrected chi connectivity index (χ1v) is 13.9. The summed E-state index contributed by atoms with van der Waals surface area (Å²) in [5.74, 6) is 0.442. The van der Waals surface area contributed by atoms with Gasteiger partial charge in [-0.2, -0.15) is 0 Å². The molecule has 0 aromatic carbocycles. The van der Waals surface area contributed by atoms with Crippen molar-refractivity contribution in [1.82, 2.24) is 0 Å². The second-order valence-corrected chi connectivity index (χ2v) is 14.7. The van der Waals surface area contributed by atoms with Crippen LogP contribution in [0.25, 0.3) is 0 Å². The Kier molecular flexibility index (Phi) is 6.50. The average molecular weight is 477 g/mol. The maximum atomic E-state index is 11.8. The highest BCUT2D eigenvalue weighted by Crippen LogP contribution is 2.75. The third kappa shape index (κ3) is 3.60. The van der Waals surface area contributed by atoms with E-state index in [0.717, 1.165) is 51.4 Å². The number of hydrogen-bond donors (Lipinski definition) is 4. The number of fused-ring (bicyclic) bond motifs is 5. The van der Waals surface area contributed by atoms with Crippen LogP contribution in [0.15, 0.2) is 11.6 Å². The Labute approximate surface area is 208 Å². The minimum absolute atomic E-state index is 0.0264. The van der Waals surface area contributed by atoms with Crippen LogP contribution in [-0.2, 0) is 0 Å². The highest BCUT2D eigenvalue weighted by atomic mass is 16.3. The molecule has 4 saturated carbocycles. The molecule has 4 aliphatic rings. The Morgan fingerprint density at radius 3 is 2.21 bits per heavy atom. The van der Waals surface area contributed by atoms with Crippen LogP contribution in [0.2, 0.25) is 0 Å². The van der Waals surface area contributed by atoms with Crippen LogP contribution in [0.1, 0.15) is 107 Å². The fourth-order valence-corrected chi connectivity index (χ4v) is 10.5. The molecule has 0 spiro atoms. The van der Waals surface area contributed by atoms with Gasteiger partial charge < -0.3 is 20.4 Å². The molecule has 0 aromatic rings. The van der Waals surface area contributed by atoms with Gasteiger partial charge in [-0.15, -0.1) is 0 Å². The fourth-order valence-electron chi connectivity index (χ4n) is 10.5. The lowest BCUT2D eigenvalue weighted by atomic mass is 9.34. The first-order valence-electron chi connectivity index (χ1n) is 13.9. The summed E-state index contributed by atoms with van der Waals surface area (Å²) in [7, 11) is 0. The van der Waals surface area contributed by atoms with E-state index in [1.165, 1.54) is 5.57 Å². The minimum atomic E-state index is -0.810. The van der Waals surface area contributed by atoms with E-state index in [9.17, 15) is 20.4 Å². The SMILES string of the molecule is CC(C)=CCC[C@](C)(O)C1CC[C@]2(C)C1C(O)CC1C3(C)CCC(O)C(C)(C)C3[C@@H](O)CC12C. The molecule has 4 heteroatoms. The normalized spacial score (nSPS) is 51.6. The predicted molar refractivity (Wildman–Crippen MR) is 137 cm³/mol. The molecule has 4 aliphatic carbocycles. The molecule has 0 aliphatic heterocycles. The highest BCUT2D eigenvalue weighted by Gasteiger charge is 2.72. The van der Waals surface area contributed by atoms with E-state index >= 15 is 0 Å². The summed E-state index contributed by atoms with van der Waals surface area (Å²) in [4.78, 5) is 0. The van der Waals surface area contributed by atoms with Gasteiger partial charge in [0.15, 0.2) is 0 Å². The molecule has 196 valence electrons. The Morgan fingerprint density at radius 1 is 0.941 bits per heavy atom. The number of rotatable bonds is 4. The van der Waals surface area contributed by atoms with E-state index in [0.29, 0.717) is 5.92 Å².